The molecule has 1 aliphatic carbocycles. The van der Waals surface area contributed by atoms with Crippen molar-refractivity contribution < 1.29 is 4.74 Å². The predicted molar refractivity (Wildman–Crippen MR) is 47.1 cm³/mol. The average Bonchev–Trinajstić information content (AvgIpc) is 2.80. The number of hydrogen-bond donors (Lipinski definition) is 0. The first-order valence-electron chi connectivity index (χ1n) is 4.65. The van der Waals surface area contributed by atoms with Gasteiger partial charge in [-0.1, -0.05) is 30.3 Å². The second kappa shape index (κ2) is 2.33. The highest BCUT2D eigenvalue weighted by atomic mass is 16.6. The molecule has 1 nitrogen and oxygen atoms in total. The predicted octanol–water partition coefficient (Wildman–Crippen LogP) is 2.33. The molecule has 1 aromatic carbocycles. The highest BCUT2D eigenvalue weighted by molar-refractivity contribution is 5.25. The Morgan fingerprint density at radius 2 is 1.92 bits per heavy atom. The van der Waals surface area contributed by atoms with Gasteiger partial charge in [0.1, 0.15) is 0 Å². The summed E-state index contributed by atoms with van der Waals surface area (Å²) in [7, 11) is 0. The van der Waals surface area contributed by atoms with E-state index in [2.05, 4.69) is 30.3 Å². The molecule has 1 heteroatoms. The number of ether oxygens (including phenoxy) is 1. The zero-order valence-corrected chi connectivity index (χ0v) is 6.94. The van der Waals surface area contributed by atoms with E-state index in [1.54, 1.807) is 0 Å². The second-order valence-corrected chi connectivity index (χ2v) is 3.73. The van der Waals surface area contributed by atoms with Crippen molar-refractivity contribution in [3.8, 4) is 0 Å². The molecular formula is C11H12O. The summed E-state index contributed by atoms with van der Waals surface area (Å²) in [5.74, 6) is 0.691. The van der Waals surface area contributed by atoms with Crippen molar-refractivity contribution in [2.24, 2.45) is 0 Å². The largest absolute Gasteiger partial charge is 0.369 e. The number of hydrogen-bond acceptors (Lipinski definition) is 1. The van der Waals surface area contributed by atoms with E-state index in [4.69, 9.17) is 4.74 Å². The first-order valence-corrected chi connectivity index (χ1v) is 4.65. The Hall–Kier alpha value is -0.820. The Morgan fingerprint density at radius 3 is 2.50 bits per heavy atom. The van der Waals surface area contributed by atoms with Crippen LogP contribution in [0, 0.1) is 0 Å². The quantitative estimate of drug-likeness (QED) is 0.574. The molecular weight excluding hydrogens is 148 g/mol. The lowest BCUT2D eigenvalue weighted by atomic mass is 9.97. The average molecular weight is 160 g/mol. The van der Waals surface area contributed by atoms with Crippen molar-refractivity contribution in [2.45, 2.75) is 31.0 Å². The summed E-state index contributed by atoms with van der Waals surface area (Å²) < 4.78 is 5.52. The summed E-state index contributed by atoms with van der Waals surface area (Å²) in [5.41, 5.74) is 1.46. The fourth-order valence-corrected chi connectivity index (χ4v) is 2.31. The highest BCUT2D eigenvalue weighted by Gasteiger charge is 2.50. The van der Waals surface area contributed by atoms with Gasteiger partial charge in [0, 0.05) is 5.92 Å². The molecule has 2 fully saturated rings. The van der Waals surface area contributed by atoms with Gasteiger partial charge in [-0.05, 0) is 18.4 Å². The van der Waals surface area contributed by atoms with E-state index >= 15 is 0 Å². The fraction of sp³-hybridized carbons (Fsp3) is 0.455. The summed E-state index contributed by atoms with van der Waals surface area (Å²) in [6, 6.07) is 10.7. The SMILES string of the molecule is c1ccc(C2CCC3OC32)cc1. The third kappa shape index (κ3) is 0.896. The molecule has 0 bridgehead atoms. The van der Waals surface area contributed by atoms with E-state index in [1.807, 2.05) is 0 Å². The van der Waals surface area contributed by atoms with Gasteiger partial charge in [-0.3, -0.25) is 0 Å². The topological polar surface area (TPSA) is 12.5 Å². The first-order chi connectivity index (χ1) is 5.95. The van der Waals surface area contributed by atoms with E-state index in [9.17, 15) is 0 Å². The van der Waals surface area contributed by atoms with Crippen LogP contribution < -0.4 is 0 Å². The molecule has 1 aromatic rings. The Balaban J connectivity index is 1.89. The molecule has 0 amide bonds. The number of rotatable bonds is 1. The van der Waals surface area contributed by atoms with Gasteiger partial charge in [0.15, 0.2) is 0 Å². The number of benzene rings is 1. The van der Waals surface area contributed by atoms with Crippen molar-refractivity contribution in [3.05, 3.63) is 35.9 Å². The lowest BCUT2D eigenvalue weighted by Crippen LogP contribution is -2.00. The van der Waals surface area contributed by atoms with Gasteiger partial charge in [-0.25, -0.2) is 0 Å². The first kappa shape index (κ1) is 6.67. The summed E-state index contributed by atoms with van der Waals surface area (Å²) in [5, 5.41) is 0. The minimum atomic E-state index is 0.562. The normalized spacial score (nSPS) is 37.8. The Bertz CT molecular complexity index is 280. The molecule has 1 aliphatic heterocycles. The van der Waals surface area contributed by atoms with Crippen LogP contribution in [0.25, 0.3) is 0 Å². The Labute approximate surface area is 72.4 Å². The van der Waals surface area contributed by atoms with Gasteiger partial charge in [0.2, 0.25) is 0 Å². The maximum Gasteiger partial charge on any atom is 0.0910 e. The van der Waals surface area contributed by atoms with Gasteiger partial charge >= 0.3 is 0 Å². The van der Waals surface area contributed by atoms with Crippen molar-refractivity contribution in [3.63, 3.8) is 0 Å². The van der Waals surface area contributed by atoms with Gasteiger partial charge in [-0.2, -0.15) is 0 Å². The fourth-order valence-electron chi connectivity index (χ4n) is 2.31. The van der Waals surface area contributed by atoms with Crippen LogP contribution >= 0.6 is 0 Å². The van der Waals surface area contributed by atoms with Crippen molar-refractivity contribution >= 4 is 0 Å². The van der Waals surface area contributed by atoms with Gasteiger partial charge in [0.05, 0.1) is 12.2 Å². The van der Waals surface area contributed by atoms with Crippen molar-refractivity contribution in [1.82, 2.24) is 0 Å². The molecule has 0 aromatic heterocycles. The molecule has 0 spiro atoms. The lowest BCUT2D eigenvalue weighted by Gasteiger charge is -2.09. The monoisotopic (exact) mass is 160 g/mol. The summed E-state index contributed by atoms with van der Waals surface area (Å²) in [6.07, 6.45) is 3.76. The van der Waals surface area contributed by atoms with Crippen LogP contribution in [0.4, 0.5) is 0 Å². The molecule has 0 radical (unpaired) electrons. The van der Waals surface area contributed by atoms with Crippen LogP contribution in [0.1, 0.15) is 24.3 Å². The molecule has 3 rings (SSSR count). The van der Waals surface area contributed by atoms with Gasteiger partial charge in [-0.15, -0.1) is 0 Å². The number of epoxide rings is 1. The molecule has 3 atom stereocenters. The zero-order chi connectivity index (χ0) is 7.97. The van der Waals surface area contributed by atoms with Crippen LogP contribution in [0.5, 0.6) is 0 Å². The smallest absolute Gasteiger partial charge is 0.0910 e. The molecule has 2 aliphatic rings. The van der Waals surface area contributed by atoms with Crippen LogP contribution in [-0.4, -0.2) is 12.2 Å². The molecule has 12 heavy (non-hydrogen) atoms. The molecule has 1 heterocycles. The molecule has 0 N–H and O–H groups in total. The maximum absolute atomic E-state index is 5.52. The molecule has 1 saturated heterocycles. The second-order valence-electron chi connectivity index (χ2n) is 3.73. The van der Waals surface area contributed by atoms with E-state index in [-0.39, 0.29) is 0 Å². The minimum absolute atomic E-state index is 0.562. The summed E-state index contributed by atoms with van der Waals surface area (Å²) >= 11 is 0. The van der Waals surface area contributed by atoms with E-state index < -0.39 is 0 Å². The van der Waals surface area contributed by atoms with Crippen LogP contribution in [-0.2, 0) is 4.74 Å². The van der Waals surface area contributed by atoms with E-state index in [1.165, 1.54) is 18.4 Å². The third-order valence-electron chi connectivity index (χ3n) is 3.01. The maximum atomic E-state index is 5.52. The van der Waals surface area contributed by atoms with Gasteiger partial charge in [0.25, 0.3) is 0 Å². The highest BCUT2D eigenvalue weighted by Crippen LogP contribution is 2.48. The minimum Gasteiger partial charge on any atom is -0.369 e. The Kier molecular flexibility index (Phi) is 1.30. The lowest BCUT2D eigenvalue weighted by molar-refractivity contribution is 0.301. The third-order valence-corrected chi connectivity index (χ3v) is 3.01. The van der Waals surface area contributed by atoms with Crippen LogP contribution in [0.15, 0.2) is 30.3 Å². The van der Waals surface area contributed by atoms with E-state index in [0.29, 0.717) is 18.1 Å². The zero-order valence-electron chi connectivity index (χ0n) is 6.94. The molecule has 62 valence electrons. The van der Waals surface area contributed by atoms with Crippen molar-refractivity contribution in [2.75, 3.05) is 0 Å². The molecule has 3 unspecified atom stereocenters. The standard InChI is InChI=1S/C11H12O/c1-2-4-8(5-3-1)9-6-7-10-11(9)12-10/h1-5,9-11H,6-7H2. The summed E-state index contributed by atoms with van der Waals surface area (Å²) in [4.78, 5) is 0. The molecule has 1 saturated carbocycles. The van der Waals surface area contributed by atoms with Crippen molar-refractivity contribution in [1.29, 1.82) is 0 Å². The van der Waals surface area contributed by atoms with Crippen LogP contribution in [0.2, 0.25) is 0 Å². The summed E-state index contributed by atoms with van der Waals surface area (Å²) in [6.45, 7) is 0. The number of fused-ring (bicyclic) bond motifs is 1. The van der Waals surface area contributed by atoms with Crippen LogP contribution in [0.3, 0.4) is 0 Å². The Morgan fingerprint density at radius 1 is 1.08 bits per heavy atom. The van der Waals surface area contributed by atoms with Gasteiger partial charge < -0.3 is 4.74 Å². The van der Waals surface area contributed by atoms with E-state index in [0.717, 1.165) is 0 Å².